The van der Waals surface area contributed by atoms with Gasteiger partial charge in [0.2, 0.25) is 11.8 Å². The van der Waals surface area contributed by atoms with Gasteiger partial charge in [-0.25, -0.2) is 4.79 Å². The van der Waals surface area contributed by atoms with Gasteiger partial charge in [-0.15, -0.1) is 0 Å². The van der Waals surface area contributed by atoms with Crippen LogP contribution in [0.1, 0.15) is 63.3 Å². The zero-order valence-electron chi connectivity index (χ0n) is 19.4. The first-order chi connectivity index (χ1) is 14.5. The van der Waals surface area contributed by atoms with Crippen molar-refractivity contribution in [1.82, 2.24) is 15.5 Å². The molecular weight excluding hydrogens is 396 g/mol. The summed E-state index contributed by atoms with van der Waals surface area (Å²) in [4.78, 5) is 39.1. The molecule has 1 atom stereocenters. The zero-order valence-corrected chi connectivity index (χ0v) is 19.4. The molecule has 0 saturated carbocycles. The van der Waals surface area contributed by atoms with E-state index in [4.69, 9.17) is 4.74 Å². The Bertz CT molecular complexity index is 804. The van der Waals surface area contributed by atoms with E-state index in [1.807, 2.05) is 45.0 Å². The van der Waals surface area contributed by atoms with Crippen molar-refractivity contribution >= 4 is 17.9 Å². The molecular formula is C23H34N4O4. The largest absolute Gasteiger partial charge is 0.444 e. The topological polar surface area (TPSA) is 112 Å². The normalized spacial score (nSPS) is 11.8. The predicted octanol–water partition coefficient (Wildman–Crippen LogP) is 3.14. The molecule has 0 spiro atoms. The minimum atomic E-state index is -0.983. The van der Waals surface area contributed by atoms with Crippen LogP contribution in [-0.2, 0) is 14.3 Å². The van der Waals surface area contributed by atoms with Crippen molar-refractivity contribution in [3.05, 3.63) is 34.9 Å². The number of rotatable bonds is 9. The summed E-state index contributed by atoms with van der Waals surface area (Å²) in [6.07, 6.45) is 0.973. The van der Waals surface area contributed by atoms with Crippen molar-refractivity contribution in [2.24, 2.45) is 0 Å². The van der Waals surface area contributed by atoms with Gasteiger partial charge in [0.15, 0.2) is 0 Å². The lowest BCUT2D eigenvalue weighted by Crippen LogP contribution is -2.48. The molecule has 1 aromatic carbocycles. The molecule has 1 unspecified atom stereocenters. The van der Waals surface area contributed by atoms with Crippen LogP contribution < -0.4 is 10.6 Å². The monoisotopic (exact) mass is 430 g/mol. The second kappa shape index (κ2) is 11.9. The lowest BCUT2D eigenvalue weighted by Gasteiger charge is -2.30. The Morgan fingerprint density at radius 3 is 2.26 bits per heavy atom. The number of benzene rings is 1. The minimum Gasteiger partial charge on any atom is -0.444 e. The lowest BCUT2D eigenvalue weighted by atomic mass is 9.99. The summed E-state index contributed by atoms with van der Waals surface area (Å²) in [5, 5.41) is 14.6. The standard InChI is InChI=1S/C23H34N4O4/c1-7-8-10-25-21(29)20(18-13-16(2)12-17(3)14-18)27(11-9-24)19(28)15-26-22(30)31-23(4,5)6/h12-14,20H,7-8,10-11,15H2,1-6H3,(H,25,29)(H,26,30). The molecule has 0 bridgehead atoms. The second-order valence-electron chi connectivity index (χ2n) is 8.50. The molecule has 31 heavy (non-hydrogen) atoms. The SMILES string of the molecule is CCCCNC(=O)C(c1cc(C)cc(C)c1)N(CC#N)C(=O)CNC(=O)OC(C)(C)C. The van der Waals surface area contributed by atoms with Crippen LogP contribution in [0.2, 0.25) is 0 Å². The zero-order chi connectivity index (χ0) is 23.6. The van der Waals surface area contributed by atoms with E-state index in [1.54, 1.807) is 20.8 Å². The predicted molar refractivity (Wildman–Crippen MR) is 118 cm³/mol. The quantitative estimate of drug-likeness (QED) is 0.462. The van der Waals surface area contributed by atoms with E-state index in [0.29, 0.717) is 12.1 Å². The van der Waals surface area contributed by atoms with Crippen molar-refractivity contribution < 1.29 is 19.1 Å². The number of unbranched alkanes of at least 4 members (excludes halogenated alkanes) is 1. The number of hydrogen-bond acceptors (Lipinski definition) is 5. The first kappa shape index (κ1) is 26.0. The van der Waals surface area contributed by atoms with Crippen molar-refractivity contribution in [3.8, 4) is 6.07 Å². The van der Waals surface area contributed by atoms with Crippen molar-refractivity contribution in [1.29, 1.82) is 5.26 Å². The maximum absolute atomic E-state index is 13.1. The highest BCUT2D eigenvalue weighted by molar-refractivity contribution is 5.90. The van der Waals surface area contributed by atoms with Gasteiger partial charge in [0, 0.05) is 6.54 Å². The molecule has 0 heterocycles. The van der Waals surface area contributed by atoms with Crippen LogP contribution in [0.3, 0.4) is 0 Å². The number of carbonyl (C=O) groups excluding carboxylic acids is 3. The Morgan fingerprint density at radius 2 is 1.74 bits per heavy atom. The summed E-state index contributed by atoms with van der Waals surface area (Å²) in [5.74, 6) is -0.915. The molecule has 8 nitrogen and oxygen atoms in total. The van der Waals surface area contributed by atoms with Crippen LogP contribution in [0.15, 0.2) is 18.2 Å². The number of nitriles is 1. The van der Waals surface area contributed by atoms with Crippen molar-refractivity contribution in [2.75, 3.05) is 19.6 Å². The van der Waals surface area contributed by atoms with Crippen molar-refractivity contribution in [2.45, 2.75) is 66.0 Å². The molecule has 8 heteroatoms. The maximum Gasteiger partial charge on any atom is 0.408 e. The van der Waals surface area contributed by atoms with Crippen LogP contribution in [0.25, 0.3) is 0 Å². The van der Waals surface area contributed by atoms with Gasteiger partial charge in [0.25, 0.3) is 0 Å². The van der Waals surface area contributed by atoms with E-state index in [1.165, 1.54) is 4.90 Å². The number of ether oxygens (including phenoxy) is 1. The Balaban J connectivity index is 3.16. The fourth-order valence-electron chi connectivity index (χ4n) is 3.09. The highest BCUT2D eigenvalue weighted by Crippen LogP contribution is 2.24. The molecule has 0 saturated heterocycles. The molecule has 0 aliphatic carbocycles. The summed E-state index contributed by atoms with van der Waals surface area (Å²) in [5.41, 5.74) is 1.79. The molecule has 170 valence electrons. The summed E-state index contributed by atoms with van der Waals surface area (Å²) in [6, 6.07) is 6.60. The number of alkyl carbamates (subject to hydrolysis) is 1. The third-order valence-corrected chi connectivity index (χ3v) is 4.29. The van der Waals surface area contributed by atoms with Gasteiger partial charge in [0.1, 0.15) is 24.7 Å². The Morgan fingerprint density at radius 1 is 1.13 bits per heavy atom. The van der Waals surface area contributed by atoms with Crippen LogP contribution in [0, 0.1) is 25.2 Å². The average molecular weight is 431 g/mol. The first-order valence-corrected chi connectivity index (χ1v) is 10.5. The van der Waals surface area contributed by atoms with Gasteiger partial charge >= 0.3 is 6.09 Å². The van der Waals surface area contributed by atoms with Crippen LogP contribution in [0.4, 0.5) is 4.79 Å². The smallest absolute Gasteiger partial charge is 0.408 e. The molecule has 0 aromatic heterocycles. The average Bonchev–Trinajstić information content (AvgIpc) is 2.64. The van der Waals surface area contributed by atoms with Gasteiger partial charge in [-0.2, -0.15) is 5.26 Å². The third-order valence-electron chi connectivity index (χ3n) is 4.29. The fourth-order valence-corrected chi connectivity index (χ4v) is 3.09. The van der Waals surface area contributed by atoms with Crippen LogP contribution in [-0.4, -0.2) is 48.0 Å². The van der Waals surface area contributed by atoms with E-state index in [0.717, 1.165) is 24.0 Å². The minimum absolute atomic E-state index is 0.298. The molecule has 1 rings (SSSR count). The number of carbonyl (C=O) groups is 3. The summed E-state index contributed by atoms with van der Waals surface area (Å²) in [7, 11) is 0. The van der Waals surface area contributed by atoms with Crippen LogP contribution in [0.5, 0.6) is 0 Å². The summed E-state index contributed by atoms with van der Waals surface area (Å²) >= 11 is 0. The highest BCUT2D eigenvalue weighted by Gasteiger charge is 2.32. The molecule has 0 fully saturated rings. The number of nitrogens with one attached hydrogen (secondary N) is 2. The molecule has 3 amide bonds. The van der Waals surface area contributed by atoms with E-state index in [-0.39, 0.29) is 19.0 Å². The van der Waals surface area contributed by atoms with E-state index in [9.17, 15) is 19.6 Å². The van der Waals surface area contributed by atoms with Crippen LogP contribution >= 0.6 is 0 Å². The second-order valence-corrected chi connectivity index (χ2v) is 8.50. The van der Waals surface area contributed by atoms with Gasteiger partial charge < -0.3 is 20.3 Å². The summed E-state index contributed by atoms with van der Waals surface area (Å²) < 4.78 is 5.15. The van der Waals surface area contributed by atoms with E-state index < -0.39 is 23.6 Å². The third kappa shape index (κ3) is 9.08. The molecule has 2 N–H and O–H groups in total. The molecule has 0 aliphatic rings. The molecule has 1 aromatic rings. The fraction of sp³-hybridized carbons (Fsp3) is 0.565. The number of hydrogen-bond donors (Lipinski definition) is 2. The highest BCUT2D eigenvalue weighted by atomic mass is 16.6. The number of nitrogens with zero attached hydrogens (tertiary/aromatic N) is 2. The Kier molecular flexibility index (Phi) is 10.00. The Labute approximate surface area is 184 Å². The first-order valence-electron chi connectivity index (χ1n) is 10.5. The number of aryl methyl sites for hydroxylation is 2. The van der Waals surface area contributed by atoms with Gasteiger partial charge in [0.05, 0.1) is 6.07 Å². The Hall–Kier alpha value is -3.08. The van der Waals surface area contributed by atoms with Gasteiger partial charge in [-0.1, -0.05) is 42.7 Å². The lowest BCUT2D eigenvalue weighted by molar-refractivity contribution is -0.139. The van der Waals surface area contributed by atoms with E-state index >= 15 is 0 Å². The van der Waals surface area contributed by atoms with Crippen molar-refractivity contribution in [3.63, 3.8) is 0 Å². The van der Waals surface area contributed by atoms with Gasteiger partial charge in [-0.3, -0.25) is 9.59 Å². The maximum atomic E-state index is 13.1. The number of amides is 3. The molecule has 0 aliphatic heterocycles. The molecule has 0 radical (unpaired) electrons. The van der Waals surface area contributed by atoms with E-state index in [2.05, 4.69) is 10.6 Å². The summed E-state index contributed by atoms with van der Waals surface area (Å²) in [6.45, 7) is 10.8. The van der Waals surface area contributed by atoms with Gasteiger partial charge in [-0.05, 0) is 46.6 Å².